The summed E-state index contributed by atoms with van der Waals surface area (Å²) in [7, 11) is 0. The fraction of sp³-hybridized carbons (Fsp3) is 0.533. The molecule has 1 fully saturated rings. The van der Waals surface area contributed by atoms with E-state index in [9.17, 15) is 4.79 Å². The van der Waals surface area contributed by atoms with Crippen LogP contribution in [0.15, 0.2) is 28.7 Å². The largest absolute Gasteiger partial charge is 0.381 e. The summed E-state index contributed by atoms with van der Waals surface area (Å²) in [5.74, 6) is 0.0564. The van der Waals surface area contributed by atoms with Gasteiger partial charge in [0.2, 0.25) is 5.91 Å². The zero-order valence-corrected chi connectivity index (χ0v) is 13.3. The summed E-state index contributed by atoms with van der Waals surface area (Å²) in [5.41, 5.74) is 1.17. The lowest BCUT2D eigenvalue weighted by Gasteiger charge is -2.23. The maximum absolute atomic E-state index is 11.9. The number of benzene rings is 1. The summed E-state index contributed by atoms with van der Waals surface area (Å²) in [4.78, 5) is 11.9. The summed E-state index contributed by atoms with van der Waals surface area (Å²) in [6.07, 6.45) is 1.82. The fourth-order valence-corrected chi connectivity index (χ4v) is 2.50. The first kappa shape index (κ1) is 15.5. The van der Waals surface area contributed by atoms with Gasteiger partial charge in [-0.2, -0.15) is 0 Å². The molecular formula is C15H21BrN2O2. The van der Waals surface area contributed by atoms with Gasteiger partial charge in [-0.1, -0.05) is 28.1 Å². The highest BCUT2D eigenvalue weighted by Crippen LogP contribution is 2.16. The van der Waals surface area contributed by atoms with Crippen molar-refractivity contribution in [2.45, 2.75) is 31.8 Å². The van der Waals surface area contributed by atoms with Gasteiger partial charge in [0.25, 0.3) is 0 Å². The van der Waals surface area contributed by atoms with Crippen LogP contribution in [-0.2, 0) is 9.53 Å². The first-order valence-corrected chi connectivity index (χ1v) is 7.80. The number of halogens is 1. The molecule has 0 aromatic heterocycles. The lowest BCUT2D eigenvalue weighted by Crippen LogP contribution is -2.43. The molecule has 2 N–H and O–H groups in total. The minimum Gasteiger partial charge on any atom is -0.381 e. The highest BCUT2D eigenvalue weighted by atomic mass is 79.9. The second kappa shape index (κ2) is 7.76. The Morgan fingerprint density at radius 2 is 2.00 bits per heavy atom. The number of amides is 1. The summed E-state index contributed by atoms with van der Waals surface area (Å²) < 4.78 is 6.34. The molecule has 1 amide bonds. The molecule has 110 valence electrons. The van der Waals surface area contributed by atoms with Gasteiger partial charge < -0.3 is 15.4 Å². The monoisotopic (exact) mass is 340 g/mol. The van der Waals surface area contributed by atoms with E-state index in [1.165, 1.54) is 5.56 Å². The number of rotatable bonds is 5. The van der Waals surface area contributed by atoms with E-state index in [2.05, 4.69) is 45.6 Å². The Morgan fingerprint density at radius 1 is 1.35 bits per heavy atom. The normalized spacial score (nSPS) is 17.7. The predicted octanol–water partition coefficient (Wildman–Crippen LogP) is 2.39. The Bertz CT molecular complexity index is 430. The van der Waals surface area contributed by atoms with Gasteiger partial charge in [0.1, 0.15) is 0 Å². The summed E-state index contributed by atoms with van der Waals surface area (Å²) in [5, 5.41) is 6.29. The van der Waals surface area contributed by atoms with E-state index in [-0.39, 0.29) is 18.0 Å². The molecule has 0 saturated carbocycles. The first-order chi connectivity index (χ1) is 9.65. The third kappa shape index (κ3) is 4.89. The molecule has 1 atom stereocenters. The lowest BCUT2D eigenvalue weighted by atomic mass is 10.1. The summed E-state index contributed by atoms with van der Waals surface area (Å²) in [6.45, 7) is 3.89. The highest BCUT2D eigenvalue weighted by molar-refractivity contribution is 9.10. The molecule has 1 aliphatic heterocycles. The number of carbonyl (C=O) groups excluding carboxylic acids is 1. The molecular weight excluding hydrogens is 320 g/mol. The Labute approximate surface area is 128 Å². The van der Waals surface area contributed by atoms with Gasteiger partial charge in [0.15, 0.2) is 0 Å². The van der Waals surface area contributed by atoms with E-state index in [1.54, 1.807) is 0 Å². The molecule has 20 heavy (non-hydrogen) atoms. The van der Waals surface area contributed by atoms with Crippen molar-refractivity contribution in [1.29, 1.82) is 0 Å². The van der Waals surface area contributed by atoms with Crippen molar-refractivity contribution in [3.8, 4) is 0 Å². The Hall–Kier alpha value is -0.910. The van der Waals surface area contributed by atoms with Crippen molar-refractivity contribution in [3.63, 3.8) is 0 Å². The van der Waals surface area contributed by atoms with Gasteiger partial charge in [-0.3, -0.25) is 4.79 Å². The minimum absolute atomic E-state index is 0.0564. The van der Waals surface area contributed by atoms with Crippen LogP contribution in [0.5, 0.6) is 0 Å². The van der Waals surface area contributed by atoms with Crippen LogP contribution in [0.1, 0.15) is 31.4 Å². The fourth-order valence-electron chi connectivity index (χ4n) is 2.24. The molecule has 0 radical (unpaired) electrons. The number of hydrogen-bond acceptors (Lipinski definition) is 3. The van der Waals surface area contributed by atoms with Gasteiger partial charge in [-0.05, 0) is 37.5 Å². The van der Waals surface area contributed by atoms with Crippen molar-refractivity contribution < 1.29 is 9.53 Å². The van der Waals surface area contributed by atoms with Gasteiger partial charge in [-0.25, -0.2) is 0 Å². The maximum atomic E-state index is 11.9. The third-order valence-electron chi connectivity index (χ3n) is 3.53. The third-order valence-corrected chi connectivity index (χ3v) is 4.05. The maximum Gasteiger partial charge on any atom is 0.234 e. The van der Waals surface area contributed by atoms with Crippen LogP contribution in [0.2, 0.25) is 0 Å². The number of ether oxygens (including phenoxy) is 1. The zero-order chi connectivity index (χ0) is 14.4. The average molecular weight is 341 g/mol. The van der Waals surface area contributed by atoms with E-state index < -0.39 is 0 Å². The van der Waals surface area contributed by atoms with Crippen LogP contribution in [-0.4, -0.2) is 31.7 Å². The van der Waals surface area contributed by atoms with E-state index in [1.807, 2.05) is 12.1 Å². The molecule has 0 unspecified atom stereocenters. The van der Waals surface area contributed by atoms with Crippen LogP contribution >= 0.6 is 15.9 Å². The van der Waals surface area contributed by atoms with E-state index in [4.69, 9.17) is 4.74 Å². The first-order valence-electron chi connectivity index (χ1n) is 7.01. The lowest BCUT2D eigenvalue weighted by molar-refractivity contribution is -0.121. The molecule has 4 nitrogen and oxygen atoms in total. The predicted molar refractivity (Wildman–Crippen MR) is 82.5 cm³/mol. The highest BCUT2D eigenvalue weighted by Gasteiger charge is 2.16. The number of carbonyl (C=O) groups is 1. The molecule has 0 bridgehead atoms. The van der Waals surface area contributed by atoms with Gasteiger partial charge >= 0.3 is 0 Å². The van der Waals surface area contributed by atoms with Crippen LogP contribution in [0, 0.1) is 0 Å². The number of nitrogens with one attached hydrogen (secondary N) is 2. The van der Waals surface area contributed by atoms with Crippen LogP contribution in [0.4, 0.5) is 0 Å². The molecule has 1 aliphatic rings. The van der Waals surface area contributed by atoms with Gasteiger partial charge in [-0.15, -0.1) is 0 Å². The Balaban J connectivity index is 1.73. The van der Waals surface area contributed by atoms with Crippen LogP contribution in [0.25, 0.3) is 0 Å². The smallest absolute Gasteiger partial charge is 0.234 e. The van der Waals surface area contributed by atoms with E-state index in [0.29, 0.717) is 6.54 Å². The van der Waals surface area contributed by atoms with Crippen molar-refractivity contribution in [2.24, 2.45) is 0 Å². The Kier molecular flexibility index (Phi) is 6.01. The van der Waals surface area contributed by atoms with Crippen LogP contribution in [0.3, 0.4) is 0 Å². The molecule has 0 aliphatic carbocycles. The van der Waals surface area contributed by atoms with Crippen molar-refractivity contribution in [1.82, 2.24) is 10.6 Å². The van der Waals surface area contributed by atoms with Crippen molar-refractivity contribution >= 4 is 21.8 Å². The van der Waals surface area contributed by atoms with Gasteiger partial charge in [0.05, 0.1) is 6.54 Å². The zero-order valence-electron chi connectivity index (χ0n) is 11.7. The van der Waals surface area contributed by atoms with Crippen molar-refractivity contribution in [3.05, 3.63) is 34.3 Å². The molecule has 1 saturated heterocycles. The molecule has 1 aromatic carbocycles. The SMILES string of the molecule is C[C@H](NCC(=O)NC1CCOCC1)c1ccc(Br)cc1. The Morgan fingerprint density at radius 3 is 2.65 bits per heavy atom. The molecule has 5 heteroatoms. The number of hydrogen-bond donors (Lipinski definition) is 2. The molecule has 2 rings (SSSR count). The summed E-state index contributed by atoms with van der Waals surface area (Å²) in [6, 6.07) is 8.55. The summed E-state index contributed by atoms with van der Waals surface area (Å²) >= 11 is 3.42. The molecule has 0 spiro atoms. The minimum atomic E-state index is 0.0564. The second-order valence-corrected chi connectivity index (χ2v) is 6.02. The second-order valence-electron chi connectivity index (χ2n) is 5.11. The average Bonchev–Trinajstić information content (AvgIpc) is 2.46. The van der Waals surface area contributed by atoms with E-state index in [0.717, 1.165) is 30.5 Å². The quantitative estimate of drug-likeness (QED) is 0.865. The van der Waals surface area contributed by atoms with Crippen LogP contribution < -0.4 is 10.6 Å². The standard InChI is InChI=1S/C15H21BrN2O2/c1-11(12-2-4-13(16)5-3-12)17-10-15(19)18-14-6-8-20-9-7-14/h2-5,11,14,17H,6-10H2,1H3,(H,18,19)/t11-/m0/s1. The van der Waals surface area contributed by atoms with E-state index >= 15 is 0 Å². The van der Waals surface area contributed by atoms with Gasteiger partial charge in [0, 0.05) is 29.8 Å². The van der Waals surface area contributed by atoms with Crippen molar-refractivity contribution in [2.75, 3.05) is 19.8 Å². The molecule has 1 heterocycles. The molecule has 1 aromatic rings. The topological polar surface area (TPSA) is 50.4 Å².